The summed E-state index contributed by atoms with van der Waals surface area (Å²) in [5, 5.41) is 0. The van der Waals surface area contributed by atoms with Gasteiger partial charge in [0.05, 0.1) is 22.0 Å². The standard InChI is InChI=1S/C10H9IN4O3/c11-8-2-13-5-15(10(8)17)3-7-1-6(4-18-7)9(16)14-12/h1-2,4-5H,3,12H2,(H,14,16). The molecule has 2 rings (SSSR count). The van der Waals surface area contributed by atoms with E-state index in [9.17, 15) is 9.59 Å². The topological polar surface area (TPSA) is 103 Å². The third-order valence-electron chi connectivity index (χ3n) is 2.23. The fourth-order valence-corrected chi connectivity index (χ4v) is 1.84. The van der Waals surface area contributed by atoms with Crippen molar-refractivity contribution in [3.8, 4) is 0 Å². The lowest BCUT2D eigenvalue weighted by atomic mass is 10.3. The van der Waals surface area contributed by atoms with Gasteiger partial charge in [-0.1, -0.05) is 0 Å². The van der Waals surface area contributed by atoms with Gasteiger partial charge in [0, 0.05) is 6.20 Å². The second kappa shape index (κ2) is 5.31. The van der Waals surface area contributed by atoms with Crippen molar-refractivity contribution >= 4 is 28.5 Å². The minimum Gasteiger partial charge on any atom is -0.467 e. The Kier molecular flexibility index (Phi) is 3.77. The number of nitrogens with two attached hydrogens (primary N) is 1. The van der Waals surface area contributed by atoms with Crippen LogP contribution in [0.1, 0.15) is 16.1 Å². The van der Waals surface area contributed by atoms with Crippen LogP contribution in [0.3, 0.4) is 0 Å². The van der Waals surface area contributed by atoms with Crippen molar-refractivity contribution in [3.05, 3.63) is 50.1 Å². The van der Waals surface area contributed by atoms with Gasteiger partial charge in [0.25, 0.3) is 11.5 Å². The van der Waals surface area contributed by atoms with Crippen molar-refractivity contribution in [3.63, 3.8) is 0 Å². The molecule has 0 atom stereocenters. The van der Waals surface area contributed by atoms with E-state index in [1.165, 1.54) is 29.4 Å². The molecular weight excluding hydrogens is 351 g/mol. The Labute approximate surface area is 115 Å². The van der Waals surface area contributed by atoms with Crippen LogP contribution in [-0.4, -0.2) is 15.5 Å². The van der Waals surface area contributed by atoms with Gasteiger partial charge in [-0.3, -0.25) is 19.6 Å². The van der Waals surface area contributed by atoms with Crippen molar-refractivity contribution in [2.45, 2.75) is 6.54 Å². The lowest BCUT2D eigenvalue weighted by molar-refractivity contribution is 0.0953. The third kappa shape index (κ3) is 2.59. The number of nitrogens with zero attached hydrogens (tertiary/aromatic N) is 2. The molecule has 0 spiro atoms. The molecule has 94 valence electrons. The highest BCUT2D eigenvalue weighted by atomic mass is 127. The smallest absolute Gasteiger partial charge is 0.268 e. The molecule has 1 amide bonds. The predicted molar refractivity (Wildman–Crippen MR) is 70.7 cm³/mol. The van der Waals surface area contributed by atoms with E-state index in [0.29, 0.717) is 14.9 Å². The van der Waals surface area contributed by atoms with Crippen LogP contribution in [0.15, 0.2) is 34.1 Å². The van der Waals surface area contributed by atoms with Crippen molar-refractivity contribution < 1.29 is 9.21 Å². The van der Waals surface area contributed by atoms with E-state index in [1.54, 1.807) is 0 Å². The molecule has 0 fully saturated rings. The van der Waals surface area contributed by atoms with Gasteiger partial charge in [0.15, 0.2) is 0 Å². The molecule has 0 saturated heterocycles. The summed E-state index contributed by atoms with van der Waals surface area (Å²) in [5.74, 6) is 5.03. The van der Waals surface area contributed by atoms with Gasteiger partial charge in [0.1, 0.15) is 12.0 Å². The summed E-state index contributed by atoms with van der Waals surface area (Å²) in [5.41, 5.74) is 2.14. The number of hydrogen-bond acceptors (Lipinski definition) is 5. The molecule has 18 heavy (non-hydrogen) atoms. The zero-order valence-corrected chi connectivity index (χ0v) is 11.2. The zero-order valence-electron chi connectivity index (χ0n) is 9.09. The van der Waals surface area contributed by atoms with Crippen LogP contribution in [0.4, 0.5) is 0 Å². The number of carbonyl (C=O) groups excluding carboxylic acids is 1. The van der Waals surface area contributed by atoms with Crippen LogP contribution in [0.25, 0.3) is 0 Å². The van der Waals surface area contributed by atoms with Gasteiger partial charge in [-0.25, -0.2) is 10.8 Å². The van der Waals surface area contributed by atoms with E-state index < -0.39 is 5.91 Å². The lowest BCUT2D eigenvalue weighted by Gasteiger charge is -2.01. The number of amides is 1. The molecule has 3 N–H and O–H groups in total. The van der Waals surface area contributed by atoms with Crippen LogP contribution in [0, 0.1) is 3.57 Å². The van der Waals surface area contributed by atoms with E-state index >= 15 is 0 Å². The minimum absolute atomic E-state index is 0.160. The van der Waals surface area contributed by atoms with Crippen molar-refractivity contribution in [1.82, 2.24) is 15.0 Å². The average Bonchev–Trinajstić information content (AvgIpc) is 2.82. The van der Waals surface area contributed by atoms with Gasteiger partial charge in [-0.05, 0) is 28.7 Å². The van der Waals surface area contributed by atoms with Gasteiger partial charge in [0.2, 0.25) is 0 Å². The molecule has 2 aromatic rings. The molecule has 2 aromatic heterocycles. The highest BCUT2D eigenvalue weighted by molar-refractivity contribution is 14.1. The summed E-state index contributed by atoms with van der Waals surface area (Å²) in [6, 6.07) is 1.52. The summed E-state index contributed by atoms with van der Waals surface area (Å²) in [4.78, 5) is 26.9. The fraction of sp³-hybridized carbons (Fsp3) is 0.100. The van der Waals surface area contributed by atoms with E-state index in [-0.39, 0.29) is 12.1 Å². The summed E-state index contributed by atoms with van der Waals surface area (Å²) in [7, 11) is 0. The van der Waals surface area contributed by atoms with Crippen LogP contribution in [-0.2, 0) is 6.54 Å². The number of nitrogen functional groups attached to an aromatic ring is 1. The average molecular weight is 360 g/mol. The van der Waals surface area contributed by atoms with E-state index in [2.05, 4.69) is 4.98 Å². The highest BCUT2D eigenvalue weighted by Crippen LogP contribution is 2.08. The number of nitrogens with one attached hydrogen (secondary N) is 1. The van der Waals surface area contributed by atoms with Gasteiger partial charge in [-0.2, -0.15) is 0 Å². The normalized spacial score (nSPS) is 10.3. The molecule has 0 aliphatic rings. The van der Waals surface area contributed by atoms with Crippen molar-refractivity contribution in [2.75, 3.05) is 0 Å². The van der Waals surface area contributed by atoms with Gasteiger partial charge in [-0.15, -0.1) is 0 Å². The molecule has 0 radical (unpaired) electrons. The molecule has 0 saturated carbocycles. The van der Waals surface area contributed by atoms with E-state index in [1.807, 2.05) is 28.0 Å². The fourth-order valence-electron chi connectivity index (χ4n) is 1.37. The number of aromatic nitrogens is 2. The second-order valence-electron chi connectivity index (χ2n) is 3.45. The SMILES string of the molecule is NNC(=O)c1coc(Cn2cncc(I)c2=O)c1. The molecule has 0 bridgehead atoms. The summed E-state index contributed by atoms with van der Waals surface area (Å²) < 4.78 is 7.09. The monoisotopic (exact) mass is 360 g/mol. The molecule has 7 nitrogen and oxygen atoms in total. The Hall–Kier alpha value is -1.68. The Morgan fingerprint density at radius 1 is 1.61 bits per heavy atom. The highest BCUT2D eigenvalue weighted by Gasteiger charge is 2.10. The summed E-state index contributed by atoms with van der Waals surface area (Å²) in [6.07, 6.45) is 4.18. The molecule has 2 heterocycles. The van der Waals surface area contributed by atoms with Crippen LogP contribution >= 0.6 is 22.6 Å². The maximum atomic E-state index is 11.7. The van der Waals surface area contributed by atoms with Crippen LogP contribution in [0.2, 0.25) is 0 Å². The Bertz CT molecular complexity index is 634. The number of hydrazine groups is 1. The molecule has 0 aliphatic carbocycles. The number of rotatable bonds is 3. The Balaban J connectivity index is 2.24. The number of carbonyl (C=O) groups is 1. The maximum absolute atomic E-state index is 11.7. The van der Waals surface area contributed by atoms with Crippen molar-refractivity contribution in [2.24, 2.45) is 5.84 Å². The first-order chi connectivity index (χ1) is 8.61. The van der Waals surface area contributed by atoms with Crippen LogP contribution in [0.5, 0.6) is 0 Å². The van der Waals surface area contributed by atoms with Gasteiger partial charge < -0.3 is 4.42 Å². The molecular formula is C10H9IN4O3. The molecule has 0 aliphatic heterocycles. The first-order valence-electron chi connectivity index (χ1n) is 4.90. The third-order valence-corrected chi connectivity index (χ3v) is 2.97. The Morgan fingerprint density at radius 3 is 3.11 bits per heavy atom. The first-order valence-corrected chi connectivity index (χ1v) is 5.98. The number of hydrogen-bond donors (Lipinski definition) is 2. The second-order valence-corrected chi connectivity index (χ2v) is 4.61. The summed E-state index contributed by atoms with van der Waals surface area (Å²) in [6.45, 7) is 0.209. The Morgan fingerprint density at radius 2 is 2.39 bits per heavy atom. The lowest BCUT2D eigenvalue weighted by Crippen LogP contribution is -2.29. The predicted octanol–water partition coefficient (Wildman–Crippen LogP) is 0.0927. The van der Waals surface area contributed by atoms with Gasteiger partial charge >= 0.3 is 0 Å². The van der Waals surface area contributed by atoms with E-state index in [0.717, 1.165) is 0 Å². The summed E-state index contributed by atoms with van der Waals surface area (Å²) >= 11 is 1.91. The van der Waals surface area contributed by atoms with Crippen LogP contribution < -0.4 is 16.8 Å². The number of furan rings is 1. The van der Waals surface area contributed by atoms with Crippen molar-refractivity contribution in [1.29, 1.82) is 0 Å². The molecule has 0 unspecified atom stereocenters. The first kappa shape index (κ1) is 12.8. The zero-order chi connectivity index (χ0) is 13.1. The molecule has 0 aromatic carbocycles. The quantitative estimate of drug-likeness (QED) is 0.350. The number of halogens is 1. The maximum Gasteiger partial charge on any atom is 0.268 e. The largest absolute Gasteiger partial charge is 0.467 e. The van der Waals surface area contributed by atoms with E-state index in [4.69, 9.17) is 10.3 Å². The minimum atomic E-state index is -0.446. The molecule has 8 heteroatoms.